The number of esters is 1. The van der Waals surface area contributed by atoms with Crippen molar-refractivity contribution in [3.63, 3.8) is 0 Å². The fourth-order valence-electron chi connectivity index (χ4n) is 2.95. The highest BCUT2D eigenvalue weighted by molar-refractivity contribution is 5.99. The van der Waals surface area contributed by atoms with Gasteiger partial charge in [-0.1, -0.05) is 13.3 Å². The van der Waals surface area contributed by atoms with Gasteiger partial charge < -0.3 is 15.0 Å². The summed E-state index contributed by atoms with van der Waals surface area (Å²) in [6, 6.07) is 9.32. The monoisotopic (exact) mass is 416 g/mol. The Balaban J connectivity index is 1.48. The van der Waals surface area contributed by atoms with E-state index in [1.165, 1.54) is 11.0 Å². The van der Waals surface area contributed by atoms with E-state index in [-0.39, 0.29) is 24.6 Å². The number of nitrogens with one attached hydrogen (secondary N) is 1. The van der Waals surface area contributed by atoms with Crippen LogP contribution in [-0.2, 0) is 9.53 Å². The van der Waals surface area contributed by atoms with E-state index in [0.717, 1.165) is 25.0 Å². The number of anilines is 1. The fourth-order valence-corrected chi connectivity index (χ4v) is 2.95. The number of carbonyl (C=O) groups excluding carboxylic acids is 3. The summed E-state index contributed by atoms with van der Waals surface area (Å²) >= 11 is 0. The normalized spacial score (nSPS) is 13.5. The van der Waals surface area contributed by atoms with E-state index in [0.29, 0.717) is 17.9 Å². The zero-order chi connectivity index (χ0) is 21.7. The minimum atomic E-state index is -1.09. The van der Waals surface area contributed by atoms with Gasteiger partial charge in [-0.3, -0.25) is 9.59 Å². The van der Waals surface area contributed by atoms with Crippen molar-refractivity contribution in [2.45, 2.75) is 19.8 Å². The highest BCUT2D eigenvalue weighted by Gasteiger charge is 2.36. The van der Waals surface area contributed by atoms with Gasteiger partial charge in [0.1, 0.15) is 0 Å². The van der Waals surface area contributed by atoms with Crippen molar-refractivity contribution in [2.75, 3.05) is 25.0 Å². The van der Waals surface area contributed by atoms with Gasteiger partial charge in [-0.2, -0.15) is 0 Å². The Bertz CT molecular complexity index is 941. The van der Waals surface area contributed by atoms with Crippen LogP contribution in [0.1, 0.15) is 40.5 Å². The topological polar surface area (TPSA) is 75.7 Å². The van der Waals surface area contributed by atoms with Crippen LogP contribution in [0.3, 0.4) is 0 Å². The summed E-state index contributed by atoms with van der Waals surface area (Å²) < 4.78 is 31.4. The standard InChI is InChI=1S/C22H22F2N2O4/c1-2-3-10-30-22(29)14-4-7-17(8-5-14)25-20(27)16-12-26(13-16)21(28)15-6-9-18(23)19(24)11-15/h4-9,11,16H,2-3,10,12-13H2,1H3,(H,25,27). The molecule has 2 aromatic rings. The van der Waals surface area contributed by atoms with Gasteiger partial charge in [-0.25, -0.2) is 13.6 Å². The van der Waals surface area contributed by atoms with Crippen LogP contribution in [0.5, 0.6) is 0 Å². The molecule has 6 nitrogen and oxygen atoms in total. The Morgan fingerprint density at radius 1 is 1.03 bits per heavy atom. The molecular formula is C22H22F2N2O4. The molecule has 1 aliphatic rings. The molecule has 3 rings (SSSR count). The van der Waals surface area contributed by atoms with Gasteiger partial charge >= 0.3 is 5.97 Å². The third-order valence-corrected chi connectivity index (χ3v) is 4.83. The van der Waals surface area contributed by atoms with Crippen molar-refractivity contribution in [3.8, 4) is 0 Å². The molecule has 1 N–H and O–H groups in total. The number of hydrogen-bond acceptors (Lipinski definition) is 4. The summed E-state index contributed by atoms with van der Waals surface area (Å²) in [5, 5.41) is 2.74. The van der Waals surface area contributed by atoms with E-state index < -0.39 is 29.4 Å². The maximum Gasteiger partial charge on any atom is 0.338 e. The van der Waals surface area contributed by atoms with Crippen molar-refractivity contribution in [1.82, 2.24) is 4.90 Å². The first-order chi connectivity index (χ1) is 14.4. The summed E-state index contributed by atoms with van der Waals surface area (Å²) in [5.74, 6) is -3.64. The van der Waals surface area contributed by atoms with Crippen molar-refractivity contribution >= 4 is 23.5 Å². The first kappa shape index (κ1) is 21.4. The summed E-state index contributed by atoms with van der Waals surface area (Å²) in [4.78, 5) is 37.9. The quantitative estimate of drug-likeness (QED) is 0.553. The van der Waals surface area contributed by atoms with E-state index in [2.05, 4.69) is 5.32 Å². The summed E-state index contributed by atoms with van der Waals surface area (Å²) in [7, 11) is 0. The molecule has 0 bridgehead atoms. The van der Waals surface area contributed by atoms with Crippen LogP contribution in [-0.4, -0.2) is 42.4 Å². The van der Waals surface area contributed by atoms with E-state index in [4.69, 9.17) is 4.74 Å². The lowest BCUT2D eigenvalue weighted by Gasteiger charge is -2.38. The van der Waals surface area contributed by atoms with Crippen molar-refractivity contribution in [1.29, 1.82) is 0 Å². The molecule has 1 fully saturated rings. The number of likely N-dealkylation sites (tertiary alicyclic amines) is 1. The fraction of sp³-hybridized carbons (Fsp3) is 0.318. The molecule has 0 aliphatic carbocycles. The smallest absolute Gasteiger partial charge is 0.338 e. The lowest BCUT2D eigenvalue weighted by atomic mass is 9.97. The third kappa shape index (κ3) is 5.00. The lowest BCUT2D eigenvalue weighted by Crippen LogP contribution is -2.54. The SMILES string of the molecule is CCCCOC(=O)c1ccc(NC(=O)C2CN(C(=O)c3ccc(F)c(F)c3)C2)cc1. The van der Waals surface area contributed by atoms with Crippen molar-refractivity contribution < 1.29 is 27.9 Å². The molecular weight excluding hydrogens is 394 g/mol. The number of hydrogen-bond donors (Lipinski definition) is 1. The number of benzene rings is 2. The van der Waals surface area contributed by atoms with E-state index in [9.17, 15) is 23.2 Å². The van der Waals surface area contributed by atoms with E-state index >= 15 is 0 Å². The molecule has 2 aromatic carbocycles. The van der Waals surface area contributed by atoms with Gasteiger partial charge in [0, 0.05) is 24.3 Å². The van der Waals surface area contributed by atoms with E-state index in [1.54, 1.807) is 24.3 Å². The maximum atomic E-state index is 13.3. The van der Waals surface area contributed by atoms with Crippen LogP contribution in [0, 0.1) is 17.6 Å². The Kier molecular flexibility index (Phi) is 6.76. The molecule has 0 spiro atoms. The zero-order valence-electron chi connectivity index (χ0n) is 16.5. The van der Waals surface area contributed by atoms with Crippen LogP contribution in [0.25, 0.3) is 0 Å². The second-order valence-electron chi connectivity index (χ2n) is 7.09. The Morgan fingerprint density at radius 2 is 1.70 bits per heavy atom. The Morgan fingerprint density at radius 3 is 2.33 bits per heavy atom. The second kappa shape index (κ2) is 9.47. The first-order valence-corrected chi connectivity index (χ1v) is 9.71. The number of nitrogens with zero attached hydrogens (tertiary/aromatic N) is 1. The largest absolute Gasteiger partial charge is 0.462 e. The molecule has 0 aromatic heterocycles. The lowest BCUT2D eigenvalue weighted by molar-refractivity contribution is -0.123. The third-order valence-electron chi connectivity index (χ3n) is 4.83. The highest BCUT2D eigenvalue weighted by atomic mass is 19.2. The predicted molar refractivity (Wildman–Crippen MR) is 106 cm³/mol. The van der Waals surface area contributed by atoms with Gasteiger partial charge in [0.2, 0.25) is 5.91 Å². The van der Waals surface area contributed by atoms with Crippen LogP contribution >= 0.6 is 0 Å². The number of amides is 2. The minimum Gasteiger partial charge on any atom is -0.462 e. The number of rotatable bonds is 7. The molecule has 1 saturated heterocycles. The average molecular weight is 416 g/mol. The molecule has 0 atom stereocenters. The molecule has 158 valence electrons. The Labute approximate surface area is 172 Å². The molecule has 0 radical (unpaired) electrons. The molecule has 2 amide bonds. The number of unbranched alkanes of at least 4 members (excludes halogenated alkanes) is 1. The predicted octanol–water partition coefficient (Wildman–Crippen LogP) is 3.63. The molecule has 0 saturated carbocycles. The van der Waals surface area contributed by atoms with Crippen molar-refractivity contribution in [3.05, 3.63) is 65.2 Å². The van der Waals surface area contributed by atoms with Crippen LogP contribution in [0.15, 0.2) is 42.5 Å². The zero-order valence-corrected chi connectivity index (χ0v) is 16.5. The first-order valence-electron chi connectivity index (χ1n) is 9.71. The summed E-state index contributed by atoms with van der Waals surface area (Å²) in [6.07, 6.45) is 1.74. The molecule has 1 aliphatic heterocycles. The summed E-state index contributed by atoms with van der Waals surface area (Å²) in [5.41, 5.74) is 0.959. The van der Waals surface area contributed by atoms with Crippen molar-refractivity contribution in [2.24, 2.45) is 5.92 Å². The molecule has 8 heteroatoms. The van der Waals surface area contributed by atoms with Gasteiger partial charge in [0.25, 0.3) is 5.91 Å². The molecule has 30 heavy (non-hydrogen) atoms. The minimum absolute atomic E-state index is 0.0363. The van der Waals surface area contributed by atoms with Crippen LogP contribution in [0.4, 0.5) is 14.5 Å². The Hall–Kier alpha value is -3.29. The maximum absolute atomic E-state index is 13.3. The van der Waals surface area contributed by atoms with Crippen LogP contribution < -0.4 is 5.32 Å². The number of ether oxygens (including phenoxy) is 1. The highest BCUT2D eigenvalue weighted by Crippen LogP contribution is 2.22. The van der Waals surface area contributed by atoms with E-state index in [1.807, 2.05) is 6.92 Å². The van der Waals surface area contributed by atoms with Crippen LogP contribution in [0.2, 0.25) is 0 Å². The van der Waals surface area contributed by atoms with Gasteiger partial charge in [0.05, 0.1) is 18.1 Å². The number of carbonyl (C=O) groups is 3. The second-order valence-corrected chi connectivity index (χ2v) is 7.09. The number of halogens is 2. The van der Waals surface area contributed by atoms with Gasteiger partial charge in [-0.15, -0.1) is 0 Å². The summed E-state index contributed by atoms with van der Waals surface area (Å²) in [6.45, 7) is 2.75. The van der Waals surface area contributed by atoms with Gasteiger partial charge in [-0.05, 0) is 48.9 Å². The molecule has 0 unspecified atom stereocenters. The van der Waals surface area contributed by atoms with Gasteiger partial charge in [0.15, 0.2) is 11.6 Å². The average Bonchev–Trinajstić information content (AvgIpc) is 2.69. The molecule has 1 heterocycles.